The summed E-state index contributed by atoms with van der Waals surface area (Å²) in [5.74, 6) is -0.212. The Hall–Kier alpha value is -1.02. The summed E-state index contributed by atoms with van der Waals surface area (Å²) >= 11 is 0. The fraction of sp³-hybridized carbons (Fsp3) is 0.891. The number of unbranched alkanes of at least 4 members (excludes halogenated alkanes) is 27. The number of quaternary nitrogens is 1. The monoisotopic (exact) mass is 799 g/mol. The van der Waals surface area contributed by atoms with E-state index in [1.54, 1.807) is 6.08 Å². The SMILES string of the molecule is CCCCCCCCCCCCCCCCCCCCC/C=C/CC/C=C/C(O)C(COP(=O)([O-])OCC[N+](C)(C)C)NC(=O)CCCCCCCCCC. The summed E-state index contributed by atoms with van der Waals surface area (Å²) in [5, 5.41) is 13.7. The Morgan fingerprint density at radius 1 is 0.618 bits per heavy atom. The summed E-state index contributed by atoms with van der Waals surface area (Å²) in [6.45, 7) is 4.60. The summed E-state index contributed by atoms with van der Waals surface area (Å²) in [5.41, 5.74) is 0. The lowest BCUT2D eigenvalue weighted by Gasteiger charge is -2.29. The third kappa shape index (κ3) is 41.0. The number of hydrogen-bond donors (Lipinski definition) is 2. The minimum atomic E-state index is -4.59. The van der Waals surface area contributed by atoms with E-state index in [9.17, 15) is 19.4 Å². The molecule has 0 fully saturated rings. The topological polar surface area (TPSA) is 108 Å². The molecule has 55 heavy (non-hydrogen) atoms. The molecule has 9 heteroatoms. The van der Waals surface area contributed by atoms with Crippen LogP contribution in [0, 0.1) is 0 Å². The van der Waals surface area contributed by atoms with Crippen molar-refractivity contribution in [2.45, 2.75) is 225 Å². The van der Waals surface area contributed by atoms with Crippen molar-refractivity contribution < 1.29 is 32.9 Å². The van der Waals surface area contributed by atoms with E-state index >= 15 is 0 Å². The molecule has 3 unspecified atom stereocenters. The normalized spacial score (nSPS) is 14.5. The van der Waals surface area contributed by atoms with Crippen LogP contribution in [-0.2, 0) is 18.4 Å². The van der Waals surface area contributed by atoms with Crippen molar-refractivity contribution in [3.8, 4) is 0 Å². The van der Waals surface area contributed by atoms with E-state index in [1.807, 2.05) is 27.2 Å². The number of amides is 1. The highest BCUT2D eigenvalue weighted by Gasteiger charge is 2.23. The molecule has 3 atom stereocenters. The maximum atomic E-state index is 12.7. The van der Waals surface area contributed by atoms with Crippen molar-refractivity contribution in [3.63, 3.8) is 0 Å². The minimum absolute atomic E-state index is 0.00468. The third-order valence-corrected chi connectivity index (χ3v) is 11.4. The number of nitrogens with one attached hydrogen (secondary N) is 1. The van der Waals surface area contributed by atoms with E-state index in [1.165, 1.54) is 154 Å². The van der Waals surface area contributed by atoms with Crippen LogP contribution in [0.25, 0.3) is 0 Å². The molecule has 0 aromatic rings. The maximum Gasteiger partial charge on any atom is 0.268 e. The number of aliphatic hydroxyl groups is 1. The molecule has 0 aromatic carbocycles. The first-order valence-corrected chi connectivity index (χ1v) is 24.7. The van der Waals surface area contributed by atoms with E-state index in [2.05, 4.69) is 31.3 Å². The molecule has 0 aliphatic carbocycles. The van der Waals surface area contributed by atoms with Crippen molar-refractivity contribution in [2.75, 3.05) is 40.9 Å². The summed E-state index contributed by atoms with van der Waals surface area (Å²) < 4.78 is 23.1. The maximum absolute atomic E-state index is 12.7. The molecule has 0 spiro atoms. The second kappa shape index (κ2) is 38.5. The first-order chi connectivity index (χ1) is 26.5. The van der Waals surface area contributed by atoms with Gasteiger partial charge in [0, 0.05) is 6.42 Å². The number of carbonyl (C=O) groups excluding carboxylic acids is 1. The Kier molecular flexibility index (Phi) is 37.8. The van der Waals surface area contributed by atoms with Crippen LogP contribution in [0.15, 0.2) is 24.3 Å². The molecule has 8 nitrogen and oxygen atoms in total. The molecule has 0 aliphatic rings. The summed E-state index contributed by atoms with van der Waals surface area (Å²) in [6.07, 6.45) is 45.5. The highest BCUT2D eigenvalue weighted by atomic mass is 31.2. The van der Waals surface area contributed by atoms with Gasteiger partial charge in [0.2, 0.25) is 5.91 Å². The van der Waals surface area contributed by atoms with Gasteiger partial charge >= 0.3 is 0 Å². The lowest BCUT2D eigenvalue weighted by Crippen LogP contribution is -2.45. The molecular formula is C46H91N2O6P. The van der Waals surface area contributed by atoms with E-state index in [-0.39, 0.29) is 19.1 Å². The van der Waals surface area contributed by atoms with Crippen molar-refractivity contribution in [1.29, 1.82) is 0 Å². The van der Waals surface area contributed by atoms with Gasteiger partial charge in [-0.1, -0.05) is 199 Å². The standard InChI is InChI=1S/C46H91N2O6P/c1-6-8-10-12-14-16-17-18-19-20-21-22-23-24-25-26-27-28-29-30-31-32-33-35-37-39-45(49)44(43-54-55(51,52)53-42-41-48(3,4)5)47-46(50)40-38-36-34-15-13-11-9-7-2/h31-32,37,39,44-45,49H,6-30,33-36,38,40-43H2,1-5H3,(H-,47,50,51,52)/b32-31+,39-37+. The summed E-state index contributed by atoms with van der Waals surface area (Å²) in [6, 6.07) is -0.896. The van der Waals surface area contributed by atoms with Crippen LogP contribution in [0.4, 0.5) is 0 Å². The molecular weight excluding hydrogens is 707 g/mol. The zero-order chi connectivity index (χ0) is 40.7. The third-order valence-electron chi connectivity index (χ3n) is 10.4. The van der Waals surface area contributed by atoms with Crippen molar-refractivity contribution in [2.24, 2.45) is 0 Å². The second-order valence-corrected chi connectivity index (χ2v) is 18.5. The number of hydrogen-bond acceptors (Lipinski definition) is 6. The average molecular weight is 799 g/mol. The van der Waals surface area contributed by atoms with Gasteiger partial charge in [0.15, 0.2) is 0 Å². The summed E-state index contributed by atoms with van der Waals surface area (Å²) in [4.78, 5) is 25.1. The van der Waals surface area contributed by atoms with Gasteiger partial charge in [-0.15, -0.1) is 0 Å². The zero-order valence-electron chi connectivity index (χ0n) is 36.9. The molecule has 0 bridgehead atoms. The number of rotatable bonds is 42. The van der Waals surface area contributed by atoms with Crippen LogP contribution < -0.4 is 10.2 Å². The van der Waals surface area contributed by atoms with E-state index in [0.29, 0.717) is 17.4 Å². The molecule has 0 aliphatic heterocycles. The van der Waals surface area contributed by atoms with Gasteiger partial charge in [-0.3, -0.25) is 9.36 Å². The van der Waals surface area contributed by atoms with Crippen LogP contribution >= 0.6 is 7.82 Å². The van der Waals surface area contributed by atoms with Gasteiger partial charge in [-0.25, -0.2) is 0 Å². The second-order valence-electron chi connectivity index (χ2n) is 17.1. The van der Waals surface area contributed by atoms with E-state index in [4.69, 9.17) is 9.05 Å². The van der Waals surface area contributed by atoms with E-state index in [0.717, 1.165) is 38.5 Å². The van der Waals surface area contributed by atoms with Crippen LogP contribution in [-0.4, -0.2) is 68.5 Å². The number of phosphoric ester groups is 1. The smallest absolute Gasteiger partial charge is 0.268 e. The lowest BCUT2D eigenvalue weighted by atomic mass is 10.0. The number of phosphoric acid groups is 1. The Morgan fingerprint density at radius 3 is 1.47 bits per heavy atom. The van der Waals surface area contributed by atoms with Crippen LogP contribution in [0.1, 0.15) is 213 Å². The number of carbonyl (C=O) groups is 1. The fourth-order valence-corrected chi connectivity index (χ4v) is 7.42. The summed E-state index contributed by atoms with van der Waals surface area (Å²) in [7, 11) is 1.25. The van der Waals surface area contributed by atoms with Gasteiger partial charge < -0.3 is 28.8 Å². The first-order valence-electron chi connectivity index (χ1n) is 23.2. The van der Waals surface area contributed by atoms with Crippen molar-refractivity contribution in [1.82, 2.24) is 5.32 Å². The molecule has 0 aromatic heterocycles. The Labute approximate surface area is 341 Å². The first kappa shape index (κ1) is 54.0. The average Bonchev–Trinajstić information content (AvgIpc) is 3.13. The zero-order valence-corrected chi connectivity index (χ0v) is 37.8. The Bertz CT molecular complexity index is 953. The predicted molar refractivity (Wildman–Crippen MR) is 233 cm³/mol. The minimum Gasteiger partial charge on any atom is -0.756 e. The van der Waals surface area contributed by atoms with Crippen LogP contribution in [0.3, 0.4) is 0 Å². The number of likely N-dealkylation sites (N-methyl/N-ethyl adjacent to an activating group) is 1. The number of nitrogens with zero attached hydrogens (tertiary/aromatic N) is 1. The van der Waals surface area contributed by atoms with E-state index < -0.39 is 20.0 Å². The largest absolute Gasteiger partial charge is 0.756 e. The molecule has 0 heterocycles. The van der Waals surface area contributed by atoms with Gasteiger partial charge in [-0.05, 0) is 32.1 Å². The van der Waals surface area contributed by atoms with Gasteiger partial charge in [0.25, 0.3) is 7.82 Å². The molecule has 0 radical (unpaired) electrons. The Balaban J connectivity index is 4.22. The van der Waals surface area contributed by atoms with Gasteiger partial charge in [0.1, 0.15) is 13.2 Å². The van der Waals surface area contributed by atoms with Gasteiger partial charge in [-0.2, -0.15) is 0 Å². The number of aliphatic hydroxyl groups excluding tert-OH is 1. The fourth-order valence-electron chi connectivity index (χ4n) is 6.70. The molecule has 0 saturated carbocycles. The molecule has 1 amide bonds. The Morgan fingerprint density at radius 2 is 1.02 bits per heavy atom. The molecule has 0 rings (SSSR count). The van der Waals surface area contributed by atoms with Crippen molar-refractivity contribution in [3.05, 3.63) is 24.3 Å². The van der Waals surface area contributed by atoms with Crippen molar-refractivity contribution >= 4 is 13.7 Å². The quantitative estimate of drug-likeness (QED) is 0.0276. The lowest BCUT2D eigenvalue weighted by molar-refractivity contribution is -0.870. The molecule has 0 saturated heterocycles. The molecule has 326 valence electrons. The van der Waals surface area contributed by atoms with Crippen LogP contribution in [0.5, 0.6) is 0 Å². The highest BCUT2D eigenvalue weighted by molar-refractivity contribution is 7.45. The predicted octanol–water partition coefficient (Wildman–Crippen LogP) is 12.3. The van der Waals surface area contributed by atoms with Gasteiger partial charge in [0.05, 0.1) is 39.9 Å². The number of allylic oxidation sites excluding steroid dienone is 3. The van der Waals surface area contributed by atoms with Crippen LogP contribution in [0.2, 0.25) is 0 Å². The molecule has 2 N–H and O–H groups in total. The highest BCUT2D eigenvalue weighted by Crippen LogP contribution is 2.38.